The van der Waals surface area contributed by atoms with E-state index < -0.39 is 0 Å². The molecule has 88 valence electrons. The molecule has 0 spiro atoms. The fraction of sp³-hybridized carbons (Fsp3) is 0.267. The summed E-state index contributed by atoms with van der Waals surface area (Å²) in [6.07, 6.45) is 2.94. The van der Waals surface area contributed by atoms with Crippen LogP contribution in [0.1, 0.15) is 25.5 Å². The third kappa shape index (κ3) is 2.84. The summed E-state index contributed by atoms with van der Waals surface area (Å²) in [6.45, 7) is 2.13. The van der Waals surface area contributed by atoms with Gasteiger partial charge in [-0.15, -0.1) is 0 Å². The first-order chi connectivity index (χ1) is 8.31. The predicted molar refractivity (Wildman–Crippen MR) is 69.0 cm³/mol. The summed E-state index contributed by atoms with van der Waals surface area (Å²) in [4.78, 5) is 11.3. The molecule has 0 amide bonds. The van der Waals surface area contributed by atoms with E-state index in [2.05, 4.69) is 6.92 Å². The first kappa shape index (κ1) is 11.6. The third-order valence-electron chi connectivity index (χ3n) is 2.75. The molecule has 0 aliphatic carbocycles. The zero-order chi connectivity index (χ0) is 12.1. The van der Waals surface area contributed by atoms with Crippen LogP contribution < -0.4 is 5.63 Å². The van der Waals surface area contributed by atoms with E-state index in [1.807, 2.05) is 36.4 Å². The third-order valence-corrected chi connectivity index (χ3v) is 2.75. The molecule has 0 aliphatic rings. The monoisotopic (exact) mass is 228 g/mol. The van der Waals surface area contributed by atoms with Gasteiger partial charge in [0.05, 0.1) is 0 Å². The minimum absolute atomic E-state index is 0.268. The second kappa shape index (κ2) is 5.48. The number of aryl methyl sites for hydroxylation is 1. The lowest BCUT2D eigenvalue weighted by molar-refractivity contribution is 0.455. The van der Waals surface area contributed by atoms with Gasteiger partial charge in [-0.2, -0.15) is 0 Å². The number of rotatable bonds is 4. The van der Waals surface area contributed by atoms with Gasteiger partial charge in [-0.1, -0.05) is 43.7 Å². The Hall–Kier alpha value is -1.83. The van der Waals surface area contributed by atoms with Gasteiger partial charge < -0.3 is 4.42 Å². The largest absolute Gasteiger partial charge is 0.427 e. The summed E-state index contributed by atoms with van der Waals surface area (Å²) in [6, 6.07) is 13.4. The quantitative estimate of drug-likeness (QED) is 0.799. The van der Waals surface area contributed by atoms with Crippen molar-refractivity contribution in [3.05, 3.63) is 58.6 Å². The van der Waals surface area contributed by atoms with E-state index in [-0.39, 0.29) is 5.63 Å². The Morgan fingerprint density at radius 2 is 1.82 bits per heavy atom. The molecule has 0 radical (unpaired) electrons. The summed E-state index contributed by atoms with van der Waals surface area (Å²) in [5.74, 6) is 0.797. The number of hydrogen-bond acceptors (Lipinski definition) is 2. The van der Waals surface area contributed by atoms with Crippen LogP contribution >= 0.6 is 0 Å². The molecule has 1 aromatic heterocycles. The van der Waals surface area contributed by atoms with Crippen LogP contribution in [0, 0.1) is 0 Å². The molecule has 2 rings (SSSR count). The van der Waals surface area contributed by atoms with Crippen molar-refractivity contribution < 1.29 is 4.42 Å². The van der Waals surface area contributed by atoms with E-state index in [1.54, 1.807) is 0 Å². The molecule has 1 heterocycles. The minimum Gasteiger partial charge on any atom is -0.427 e. The van der Waals surface area contributed by atoms with E-state index in [0.29, 0.717) is 0 Å². The highest BCUT2D eigenvalue weighted by molar-refractivity contribution is 5.64. The number of unbranched alkanes of at least 4 members (excludes halogenated alkanes) is 1. The molecule has 0 unspecified atom stereocenters. The zero-order valence-electron chi connectivity index (χ0n) is 9.98. The van der Waals surface area contributed by atoms with Crippen LogP contribution in [0.5, 0.6) is 0 Å². The fourth-order valence-electron chi connectivity index (χ4n) is 1.85. The molecule has 1 aromatic carbocycles. The average Bonchev–Trinajstić information content (AvgIpc) is 2.37. The number of hydrogen-bond donors (Lipinski definition) is 0. The van der Waals surface area contributed by atoms with Gasteiger partial charge in [0.2, 0.25) is 0 Å². The molecule has 0 N–H and O–H groups in total. The highest BCUT2D eigenvalue weighted by Crippen LogP contribution is 2.23. The van der Waals surface area contributed by atoms with Gasteiger partial charge in [0.1, 0.15) is 5.76 Å². The van der Waals surface area contributed by atoms with Crippen LogP contribution in [0.15, 0.2) is 51.7 Å². The predicted octanol–water partition coefficient (Wildman–Crippen LogP) is 3.65. The molecule has 0 saturated carbocycles. The first-order valence-corrected chi connectivity index (χ1v) is 5.99. The van der Waals surface area contributed by atoms with Gasteiger partial charge in [-0.3, -0.25) is 0 Å². The lowest BCUT2D eigenvalue weighted by Crippen LogP contribution is -2.01. The lowest BCUT2D eigenvalue weighted by atomic mass is 10.0. The van der Waals surface area contributed by atoms with Crippen molar-refractivity contribution in [2.75, 3.05) is 0 Å². The molecule has 2 aromatic rings. The van der Waals surface area contributed by atoms with Crippen LogP contribution in [0.4, 0.5) is 0 Å². The molecule has 0 bridgehead atoms. The van der Waals surface area contributed by atoms with Crippen LogP contribution in [0.2, 0.25) is 0 Å². The van der Waals surface area contributed by atoms with Gasteiger partial charge in [0, 0.05) is 18.1 Å². The topological polar surface area (TPSA) is 30.2 Å². The van der Waals surface area contributed by atoms with Gasteiger partial charge in [-0.25, -0.2) is 4.79 Å². The summed E-state index contributed by atoms with van der Waals surface area (Å²) in [5.41, 5.74) is 1.86. The minimum atomic E-state index is -0.268. The Bertz CT molecular complexity index is 526. The second-order valence-electron chi connectivity index (χ2n) is 4.06. The van der Waals surface area contributed by atoms with Crippen LogP contribution in [-0.2, 0) is 6.42 Å². The van der Waals surface area contributed by atoms with Crippen molar-refractivity contribution in [3.63, 3.8) is 0 Å². The van der Waals surface area contributed by atoms with E-state index in [4.69, 9.17) is 4.42 Å². The van der Waals surface area contributed by atoms with Crippen LogP contribution in [0.25, 0.3) is 11.1 Å². The van der Waals surface area contributed by atoms with E-state index >= 15 is 0 Å². The van der Waals surface area contributed by atoms with Crippen molar-refractivity contribution in [1.82, 2.24) is 0 Å². The molecule has 0 saturated heterocycles. The summed E-state index contributed by atoms with van der Waals surface area (Å²) >= 11 is 0. The number of benzene rings is 1. The second-order valence-corrected chi connectivity index (χ2v) is 4.06. The lowest BCUT2D eigenvalue weighted by Gasteiger charge is -2.06. The Kier molecular flexibility index (Phi) is 3.76. The van der Waals surface area contributed by atoms with Crippen LogP contribution in [0.3, 0.4) is 0 Å². The summed E-state index contributed by atoms with van der Waals surface area (Å²) < 4.78 is 5.31. The maximum atomic E-state index is 11.3. The van der Waals surface area contributed by atoms with E-state index in [0.717, 1.165) is 36.1 Å². The maximum absolute atomic E-state index is 11.3. The summed E-state index contributed by atoms with van der Waals surface area (Å²) in [5, 5.41) is 0. The van der Waals surface area contributed by atoms with Crippen molar-refractivity contribution in [2.45, 2.75) is 26.2 Å². The van der Waals surface area contributed by atoms with Crippen molar-refractivity contribution in [2.24, 2.45) is 0 Å². The Morgan fingerprint density at radius 3 is 2.53 bits per heavy atom. The normalized spacial score (nSPS) is 10.4. The SMILES string of the molecule is CCCCc1oc(=O)ccc1-c1ccccc1. The van der Waals surface area contributed by atoms with Crippen molar-refractivity contribution in [3.8, 4) is 11.1 Å². The highest BCUT2D eigenvalue weighted by atomic mass is 16.4. The Labute approximate surface area is 101 Å². The fourth-order valence-corrected chi connectivity index (χ4v) is 1.85. The van der Waals surface area contributed by atoms with Gasteiger partial charge in [0.25, 0.3) is 0 Å². The van der Waals surface area contributed by atoms with Gasteiger partial charge in [-0.05, 0) is 18.1 Å². The molecule has 2 nitrogen and oxygen atoms in total. The van der Waals surface area contributed by atoms with Gasteiger partial charge in [0.15, 0.2) is 0 Å². The molecular weight excluding hydrogens is 212 g/mol. The molecule has 0 aliphatic heterocycles. The van der Waals surface area contributed by atoms with Gasteiger partial charge >= 0.3 is 5.63 Å². The Balaban J connectivity index is 2.42. The zero-order valence-corrected chi connectivity index (χ0v) is 9.98. The smallest absolute Gasteiger partial charge is 0.335 e. The standard InChI is InChI=1S/C15H16O2/c1-2-3-9-14-13(10-11-15(16)17-14)12-7-5-4-6-8-12/h4-8,10-11H,2-3,9H2,1H3. The Morgan fingerprint density at radius 1 is 1.06 bits per heavy atom. The van der Waals surface area contributed by atoms with E-state index in [1.165, 1.54) is 6.07 Å². The first-order valence-electron chi connectivity index (χ1n) is 5.99. The maximum Gasteiger partial charge on any atom is 0.335 e. The van der Waals surface area contributed by atoms with Crippen LogP contribution in [-0.4, -0.2) is 0 Å². The molecule has 17 heavy (non-hydrogen) atoms. The molecule has 0 fully saturated rings. The molecule has 2 heteroatoms. The van der Waals surface area contributed by atoms with Crippen molar-refractivity contribution in [1.29, 1.82) is 0 Å². The molecule has 0 atom stereocenters. The molecular formula is C15H16O2. The van der Waals surface area contributed by atoms with E-state index in [9.17, 15) is 4.79 Å². The van der Waals surface area contributed by atoms with Crippen molar-refractivity contribution >= 4 is 0 Å². The highest BCUT2D eigenvalue weighted by Gasteiger charge is 2.07. The summed E-state index contributed by atoms with van der Waals surface area (Å²) in [7, 11) is 0. The average molecular weight is 228 g/mol.